The summed E-state index contributed by atoms with van der Waals surface area (Å²) in [7, 11) is -2.72. The van der Waals surface area contributed by atoms with E-state index in [1.165, 1.54) is 36.4 Å². The van der Waals surface area contributed by atoms with Crippen LogP contribution in [-0.2, 0) is 16.4 Å². The molecule has 12 heteroatoms. The van der Waals surface area contributed by atoms with E-state index in [0.717, 1.165) is 17.5 Å². The number of ether oxygens (including phenoxy) is 1. The Kier molecular flexibility index (Phi) is 9.30. The Morgan fingerprint density at radius 2 is 1.62 bits per heavy atom. The summed E-state index contributed by atoms with van der Waals surface area (Å²) in [5.41, 5.74) is 1.02. The summed E-state index contributed by atoms with van der Waals surface area (Å²) >= 11 is 0. The molecular weight excluding hydrogens is 500 g/mol. The van der Waals surface area contributed by atoms with E-state index < -0.39 is 27.7 Å². The highest BCUT2D eigenvalue weighted by atomic mass is 32.2. The van der Waals surface area contributed by atoms with Crippen LogP contribution in [0.25, 0.3) is 0 Å². The molecular formula is C25H26N4O7S. The van der Waals surface area contributed by atoms with Gasteiger partial charge in [-0.3, -0.25) is 19.4 Å². The number of benzene rings is 2. The molecule has 2 aromatic carbocycles. The number of hydrogen-bond acceptors (Lipinski definition) is 8. The Bertz CT molecular complexity index is 1360. The number of aliphatic hydroxyl groups excluding tert-OH is 1. The number of hydrogen-bond donors (Lipinski definition) is 4. The first-order valence-corrected chi connectivity index (χ1v) is 12.7. The SMILES string of the molecule is COc1ccc(CCNC(=O)c2cccc(S(=O)(=O)NC(=O)c3ccc(C(=O)NCCO)nc3)c2)cc1. The van der Waals surface area contributed by atoms with E-state index in [1.807, 2.05) is 29.0 Å². The fourth-order valence-electron chi connectivity index (χ4n) is 3.18. The number of aromatic nitrogens is 1. The lowest BCUT2D eigenvalue weighted by molar-refractivity contribution is 0.0934. The Hall–Kier alpha value is -4.29. The highest BCUT2D eigenvalue weighted by Crippen LogP contribution is 2.14. The van der Waals surface area contributed by atoms with E-state index in [0.29, 0.717) is 13.0 Å². The molecule has 1 heterocycles. The van der Waals surface area contributed by atoms with Crippen LogP contribution in [-0.4, -0.2) is 63.0 Å². The number of pyridine rings is 1. The van der Waals surface area contributed by atoms with Crippen LogP contribution in [0.5, 0.6) is 5.75 Å². The van der Waals surface area contributed by atoms with Crippen LogP contribution in [0.3, 0.4) is 0 Å². The molecule has 1 aromatic heterocycles. The minimum Gasteiger partial charge on any atom is -0.497 e. The van der Waals surface area contributed by atoms with Crippen LogP contribution in [0.2, 0.25) is 0 Å². The minimum absolute atomic E-state index is 0.00133. The number of amides is 3. The molecule has 0 unspecified atom stereocenters. The minimum atomic E-state index is -4.30. The van der Waals surface area contributed by atoms with Crippen LogP contribution in [0, 0.1) is 0 Å². The molecule has 0 bridgehead atoms. The third-order valence-electron chi connectivity index (χ3n) is 5.15. The summed E-state index contributed by atoms with van der Waals surface area (Å²) < 4.78 is 32.5. The molecule has 11 nitrogen and oxygen atoms in total. The Morgan fingerprint density at radius 1 is 0.892 bits per heavy atom. The van der Waals surface area contributed by atoms with Gasteiger partial charge >= 0.3 is 0 Å². The maximum Gasteiger partial charge on any atom is 0.269 e. The largest absolute Gasteiger partial charge is 0.497 e. The first kappa shape index (κ1) is 27.3. The summed E-state index contributed by atoms with van der Waals surface area (Å²) in [6.07, 6.45) is 1.63. The average Bonchev–Trinajstić information content (AvgIpc) is 2.92. The van der Waals surface area contributed by atoms with E-state index in [1.54, 1.807) is 7.11 Å². The van der Waals surface area contributed by atoms with Crippen molar-refractivity contribution >= 4 is 27.7 Å². The van der Waals surface area contributed by atoms with Crippen LogP contribution >= 0.6 is 0 Å². The van der Waals surface area contributed by atoms with Gasteiger partial charge in [0.2, 0.25) is 0 Å². The predicted octanol–water partition coefficient (Wildman–Crippen LogP) is 0.904. The molecule has 0 atom stereocenters. The zero-order valence-electron chi connectivity index (χ0n) is 19.9. The monoisotopic (exact) mass is 526 g/mol. The highest BCUT2D eigenvalue weighted by molar-refractivity contribution is 7.90. The molecule has 0 saturated carbocycles. The third kappa shape index (κ3) is 7.59. The van der Waals surface area contributed by atoms with Crippen molar-refractivity contribution in [3.63, 3.8) is 0 Å². The molecule has 37 heavy (non-hydrogen) atoms. The zero-order chi connectivity index (χ0) is 26.8. The van der Waals surface area contributed by atoms with Gasteiger partial charge in [-0.15, -0.1) is 0 Å². The number of carbonyl (C=O) groups is 3. The topological polar surface area (TPSA) is 164 Å². The number of methoxy groups -OCH3 is 1. The fourth-order valence-corrected chi connectivity index (χ4v) is 4.20. The number of carbonyl (C=O) groups excluding carboxylic acids is 3. The second-order valence-electron chi connectivity index (χ2n) is 7.73. The summed E-state index contributed by atoms with van der Waals surface area (Å²) in [4.78, 5) is 40.4. The van der Waals surface area contributed by atoms with Gasteiger partial charge in [-0.05, 0) is 54.4 Å². The molecule has 0 radical (unpaired) electrons. The molecule has 4 N–H and O–H groups in total. The number of nitrogens with zero attached hydrogens (tertiary/aromatic N) is 1. The van der Waals surface area contributed by atoms with Crippen molar-refractivity contribution in [1.29, 1.82) is 0 Å². The quantitative estimate of drug-likeness (QED) is 0.286. The van der Waals surface area contributed by atoms with E-state index in [-0.39, 0.29) is 34.9 Å². The van der Waals surface area contributed by atoms with Gasteiger partial charge in [0.05, 0.1) is 24.2 Å². The van der Waals surface area contributed by atoms with E-state index >= 15 is 0 Å². The van der Waals surface area contributed by atoms with Crippen molar-refractivity contribution in [2.45, 2.75) is 11.3 Å². The van der Waals surface area contributed by atoms with Crippen molar-refractivity contribution in [2.24, 2.45) is 0 Å². The maximum atomic E-state index is 12.8. The van der Waals surface area contributed by atoms with Gasteiger partial charge in [0.15, 0.2) is 0 Å². The van der Waals surface area contributed by atoms with E-state index in [2.05, 4.69) is 15.6 Å². The predicted molar refractivity (Wildman–Crippen MR) is 134 cm³/mol. The van der Waals surface area contributed by atoms with Crippen LogP contribution in [0.1, 0.15) is 36.8 Å². The normalized spacial score (nSPS) is 10.9. The Morgan fingerprint density at radius 3 is 2.27 bits per heavy atom. The molecule has 0 saturated heterocycles. The highest BCUT2D eigenvalue weighted by Gasteiger charge is 2.21. The van der Waals surface area contributed by atoms with Crippen molar-refractivity contribution in [2.75, 3.05) is 26.8 Å². The number of nitrogens with one attached hydrogen (secondary N) is 3. The molecule has 0 fully saturated rings. The third-order valence-corrected chi connectivity index (χ3v) is 6.48. The van der Waals surface area contributed by atoms with Crippen LogP contribution in [0.15, 0.2) is 71.8 Å². The summed E-state index contributed by atoms with van der Waals surface area (Å²) in [5, 5.41) is 13.9. The molecule has 194 valence electrons. The van der Waals surface area contributed by atoms with Gasteiger partial charge in [-0.1, -0.05) is 18.2 Å². The maximum absolute atomic E-state index is 12.8. The van der Waals surface area contributed by atoms with Crippen molar-refractivity contribution in [3.8, 4) is 5.75 Å². The molecule has 3 aromatic rings. The average molecular weight is 527 g/mol. The summed E-state index contributed by atoms with van der Waals surface area (Å²) in [6.45, 7) is 0.136. The van der Waals surface area contributed by atoms with Gasteiger partial charge in [0, 0.05) is 24.8 Å². The number of rotatable bonds is 11. The van der Waals surface area contributed by atoms with Crippen LogP contribution < -0.4 is 20.1 Å². The zero-order valence-corrected chi connectivity index (χ0v) is 20.7. The second kappa shape index (κ2) is 12.6. The van der Waals surface area contributed by atoms with E-state index in [9.17, 15) is 22.8 Å². The van der Waals surface area contributed by atoms with Gasteiger partial charge in [0.25, 0.3) is 27.7 Å². The van der Waals surface area contributed by atoms with E-state index in [4.69, 9.17) is 9.84 Å². The molecule has 3 rings (SSSR count). The molecule has 0 aliphatic carbocycles. The Balaban J connectivity index is 1.61. The fraction of sp³-hybridized carbons (Fsp3) is 0.200. The van der Waals surface area contributed by atoms with Gasteiger partial charge in [-0.25, -0.2) is 13.1 Å². The second-order valence-corrected chi connectivity index (χ2v) is 9.41. The van der Waals surface area contributed by atoms with Crippen LogP contribution in [0.4, 0.5) is 0 Å². The lowest BCUT2D eigenvalue weighted by Crippen LogP contribution is -2.31. The van der Waals surface area contributed by atoms with Gasteiger partial charge < -0.3 is 20.5 Å². The standard InChI is InChI=1S/C25H26N4O7S/c1-36-20-8-5-17(6-9-20)11-12-26-23(31)18-3-2-4-21(15-18)37(34,35)29-24(32)19-7-10-22(28-16-19)25(33)27-13-14-30/h2-10,15-16,30H,11-14H2,1H3,(H,26,31)(H,27,33)(H,29,32). The van der Waals surface area contributed by atoms with Crippen molar-refractivity contribution in [1.82, 2.24) is 20.3 Å². The first-order valence-electron chi connectivity index (χ1n) is 11.2. The Labute approximate surface area is 213 Å². The van der Waals surface area contributed by atoms with Crippen molar-refractivity contribution < 1.29 is 32.6 Å². The molecule has 0 aliphatic heterocycles. The van der Waals surface area contributed by atoms with Gasteiger partial charge in [-0.2, -0.15) is 0 Å². The lowest BCUT2D eigenvalue weighted by Gasteiger charge is -2.10. The summed E-state index contributed by atoms with van der Waals surface area (Å²) in [5.74, 6) is -1.24. The van der Waals surface area contributed by atoms with Crippen molar-refractivity contribution in [3.05, 3.63) is 89.2 Å². The molecule has 0 spiro atoms. The van der Waals surface area contributed by atoms with Gasteiger partial charge in [0.1, 0.15) is 11.4 Å². The summed E-state index contributed by atoms with van der Waals surface area (Å²) in [6, 6.07) is 15.2. The number of sulfonamides is 1. The lowest BCUT2D eigenvalue weighted by atomic mass is 10.1. The number of aliphatic hydroxyl groups is 1. The smallest absolute Gasteiger partial charge is 0.269 e. The first-order chi connectivity index (χ1) is 17.7. The molecule has 3 amide bonds. The molecule has 0 aliphatic rings.